The molecule has 3 N–H and O–H groups in total. The molecule has 0 saturated heterocycles. The Balaban J connectivity index is 2.11. The molecule has 5 heteroatoms. The number of aromatic hydroxyl groups is 1. The van der Waals surface area contributed by atoms with E-state index >= 15 is 0 Å². The lowest BCUT2D eigenvalue weighted by molar-refractivity contribution is -0.137. The highest BCUT2D eigenvalue weighted by Crippen LogP contribution is 2.21. The van der Waals surface area contributed by atoms with Gasteiger partial charge in [0.2, 0.25) is 0 Å². The molecule has 1 unspecified atom stereocenters. The Kier molecular flexibility index (Phi) is 4.99. The number of carbonyl (C=O) groups excluding carboxylic acids is 1. The fourth-order valence-corrected chi connectivity index (χ4v) is 2.32. The number of amides is 1. The van der Waals surface area contributed by atoms with E-state index in [9.17, 15) is 14.7 Å². The third kappa shape index (κ3) is 3.97. The second-order valence-electron chi connectivity index (χ2n) is 5.26. The topological polar surface area (TPSA) is 86.6 Å². The molecule has 2 aromatic rings. The highest BCUT2D eigenvalue weighted by Gasteiger charge is 2.14. The van der Waals surface area contributed by atoms with Gasteiger partial charge in [0, 0.05) is 18.0 Å². The molecule has 5 nitrogen and oxygen atoms in total. The fourth-order valence-electron chi connectivity index (χ4n) is 2.32. The lowest BCUT2D eigenvalue weighted by Crippen LogP contribution is -2.34. The number of phenolic OH excluding ortho intramolecular Hbond substituents is 1. The van der Waals surface area contributed by atoms with E-state index < -0.39 is 5.97 Å². The molecule has 22 heavy (non-hydrogen) atoms. The van der Waals surface area contributed by atoms with Gasteiger partial charge in [0.1, 0.15) is 5.75 Å². The molecule has 0 aliphatic carbocycles. The number of rotatable bonds is 6. The molecule has 2 aromatic carbocycles. The Morgan fingerprint density at radius 2 is 1.82 bits per heavy atom. The molecule has 0 radical (unpaired) electrons. The van der Waals surface area contributed by atoms with Gasteiger partial charge in [0.05, 0.1) is 0 Å². The Labute approximate surface area is 128 Å². The van der Waals surface area contributed by atoms with Crippen LogP contribution in [0, 0.1) is 0 Å². The Hall–Kier alpha value is -2.56. The molecule has 0 aliphatic heterocycles. The monoisotopic (exact) mass is 301 g/mol. The van der Waals surface area contributed by atoms with Crippen LogP contribution in [0.15, 0.2) is 36.4 Å². The first-order valence-corrected chi connectivity index (χ1v) is 7.25. The molecule has 0 fully saturated rings. The van der Waals surface area contributed by atoms with Crippen molar-refractivity contribution >= 4 is 22.6 Å². The van der Waals surface area contributed by atoms with Crippen molar-refractivity contribution in [2.24, 2.45) is 0 Å². The second kappa shape index (κ2) is 6.93. The SMILES string of the molecule is CCC(CCC(=O)O)NC(=O)c1ccc2cc(O)ccc2c1. The number of hydrogen-bond donors (Lipinski definition) is 3. The average molecular weight is 301 g/mol. The van der Waals surface area contributed by atoms with Crippen LogP contribution in [0.2, 0.25) is 0 Å². The minimum absolute atomic E-state index is 0.0375. The Bertz CT molecular complexity index is 696. The zero-order valence-electron chi connectivity index (χ0n) is 12.4. The first kappa shape index (κ1) is 15.8. The zero-order valence-corrected chi connectivity index (χ0v) is 12.4. The molecule has 0 spiro atoms. The number of carbonyl (C=O) groups is 2. The number of fused-ring (bicyclic) bond motifs is 1. The van der Waals surface area contributed by atoms with Crippen molar-refractivity contribution in [3.63, 3.8) is 0 Å². The first-order chi connectivity index (χ1) is 10.5. The lowest BCUT2D eigenvalue weighted by atomic mass is 10.0. The van der Waals surface area contributed by atoms with Gasteiger partial charge >= 0.3 is 5.97 Å². The normalized spacial score (nSPS) is 12.0. The number of hydrogen-bond acceptors (Lipinski definition) is 3. The molecule has 0 aliphatic rings. The molecular formula is C17H19NO4. The molecule has 1 atom stereocenters. The summed E-state index contributed by atoms with van der Waals surface area (Å²) in [5.74, 6) is -0.894. The highest BCUT2D eigenvalue weighted by atomic mass is 16.4. The third-order valence-electron chi connectivity index (χ3n) is 3.62. The van der Waals surface area contributed by atoms with E-state index in [1.165, 1.54) is 0 Å². The number of aliphatic carboxylic acids is 1. The van der Waals surface area contributed by atoms with Crippen LogP contribution in [0.25, 0.3) is 10.8 Å². The van der Waals surface area contributed by atoms with Gasteiger partial charge < -0.3 is 15.5 Å². The largest absolute Gasteiger partial charge is 0.508 e. The van der Waals surface area contributed by atoms with Gasteiger partial charge in [0.15, 0.2) is 0 Å². The summed E-state index contributed by atoms with van der Waals surface area (Å²) in [6, 6.07) is 10.0. The molecule has 0 heterocycles. The standard InChI is InChI=1S/C17H19NO4/c1-2-14(6-8-16(20)21)18-17(22)13-4-3-12-10-15(19)7-5-11(12)9-13/h3-5,7,9-10,14,19H,2,6,8H2,1H3,(H,18,22)(H,20,21). The molecule has 2 rings (SSSR count). The summed E-state index contributed by atoms with van der Waals surface area (Å²) in [5, 5.41) is 22.7. The summed E-state index contributed by atoms with van der Waals surface area (Å²) in [6.45, 7) is 1.91. The quantitative estimate of drug-likeness (QED) is 0.765. The van der Waals surface area contributed by atoms with Crippen LogP contribution in [0.4, 0.5) is 0 Å². The zero-order chi connectivity index (χ0) is 16.1. The van der Waals surface area contributed by atoms with Crippen molar-refractivity contribution in [1.82, 2.24) is 5.32 Å². The van der Waals surface area contributed by atoms with E-state index in [1.807, 2.05) is 6.92 Å². The fraction of sp³-hybridized carbons (Fsp3) is 0.294. The van der Waals surface area contributed by atoms with Gasteiger partial charge in [0.25, 0.3) is 5.91 Å². The summed E-state index contributed by atoms with van der Waals surface area (Å²) >= 11 is 0. The predicted octanol–water partition coefficient (Wildman–Crippen LogP) is 2.92. The van der Waals surface area contributed by atoms with Crippen LogP contribution in [-0.2, 0) is 4.79 Å². The lowest BCUT2D eigenvalue weighted by Gasteiger charge is -2.16. The van der Waals surface area contributed by atoms with E-state index in [1.54, 1.807) is 36.4 Å². The van der Waals surface area contributed by atoms with Gasteiger partial charge in [-0.15, -0.1) is 0 Å². The van der Waals surface area contributed by atoms with Crippen molar-refractivity contribution in [3.05, 3.63) is 42.0 Å². The van der Waals surface area contributed by atoms with Crippen LogP contribution in [-0.4, -0.2) is 28.1 Å². The molecule has 1 amide bonds. The van der Waals surface area contributed by atoms with Crippen LogP contribution in [0.5, 0.6) is 5.75 Å². The van der Waals surface area contributed by atoms with Crippen LogP contribution in [0.3, 0.4) is 0 Å². The minimum atomic E-state index is -0.863. The number of benzene rings is 2. The number of phenols is 1. The van der Waals surface area contributed by atoms with Gasteiger partial charge in [-0.25, -0.2) is 0 Å². The van der Waals surface area contributed by atoms with Crippen molar-refractivity contribution in [1.29, 1.82) is 0 Å². The summed E-state index contributed by atoms with van der Waals surface area (Å²) in [5.41, 5.74) is 0.520. The summed E-state index contributed by atoms with van der Waals surface area (Å²) < 4.78 is 0. The van der Waals surface area contributed by atoms with E-state index in [4.69, 9.17) is 5.11 Å². The van der Waals surface area contributed by atoms with Crippen molar-refractivity contribution < 1.29 is 19.8 Å². The predicted molar refractivity (Wildman–Crippen MR) is 84.0 cm³/mol. The van der Waals surface area contributed by atoms with E-state index in [-0.39, 0.29) is 24.1 Å². The van der Waals surface area contributed by atoms with Crippen molar-refractivity contribution in [3.8, 4) is 5.75 Å². The molecular weight excluding hydrogens is 282 g/mol. The van der Waals surface area contributed by atoms with Gasteiger partial charge in [-0.2, -0.15) is 0 Å². The summed E-state index contributed by atoms with van der Waals surface area (Å²) in [4.78, 5) is 22.9. The number of nitrogens with one attached hydrogen (secondary N) is 1. The summed E-state index contributed by atoms with van der Waals surface area (Å²) in [7, 11) is 0. The van der Waals surface area contributed by atoms with Crippen LogP contribution in [0.1, 0.15) is 36.5 Å². The Morgan fingerprint density at radius 1 is 1.14 bits per heavy atom. The molecule has 116 valence electrons. The van der Waals surface area contributed by atoms with Crippen LogP contribution >= 0.6 is 0 Å². The van der Waals surface area contributed by atoms with Crippen molar-refractivity contribution in [2.45, 2.75) is 32.2 Å². The second-order valence-corrected chi connectivity index (χ2v) is 5.26. The van der Waals surface area contributed by atoms with Gasteiger partial charge in [-0.1, -0.05) is 19.1 Å². The number of carboxylic acids is 1. The first-order valence-electron chi connectivity index (χ1n) is 7.25. The maximum Gasteiger partial charge on any atom is 0.303 e. The summed E-state index contributed by atoms with van der Waals surface area (Å²) in [6.07, 6.45) is 1.13. The van der Waals surface area contributed by atoms with Crippen LogP contribution < -0.4 is 5.32 Å². The van der Waals surface area contributed by atoms with E-state index in [2.05, 4.69) is 5.32 Å². The average Bonchev–Trinajstić information content (AvgIpc) is 2.50. The number of carboxylic acid groups (broad SMARTS) is 1. The Morgan fingerprint density at radius 3 is 2.50 bits per heavy atom. The minimum Gasteiger partial charge on any atom is -0.508 e. The van der Waals surface area contributed by atoms with Crippen molar-refractivity contribution in [2.75, 3.05) is 0 Å². The van der Waals surface area contributed by atoms with Gasteiger partial charge in [-0.05, 0) is 47.9 Å². The third-order valence-corrected chi connectivity index (χ3v) is 3.62. The highest BCUT2D eigenvalue weighted by molar-refractivity contribution is 5.98. The van der Waals surface area contributed by atoms with E-state index in [0.29, 0.717) is 18.4 Å². The maximum atomic E-state index is 12.3. The molecule has 0 saturated carbocycles. The smallest absolute Gasteiger partial charge is 0.303 e. The van der Waals surface area contributed by atoms with Gasteiger partial charge in [-0.3, -0.25) is 9.59 Å². The molecule has 0 aromatic heterocycles. The van der Waals surface area contributed by atoms with E-state index in [0.717, 1.165) is 10.8 Å². The molecule has 0 bridgehead atoms. The maximum absolute atomic E-state index is 12.3.